The summed E-state index contributed by atoms with van der Waals surface area (Å²) in [6, 6.07) is 5.17. The molecular formula is C10H10N2O3. The lowest BCUT2D eigenvalue weighted by Gasteiger charge is -2.01. The molecule has 5 heteroatoms. The highest BCUT2D eigenvalue weighted by Crippen LogP contribution is 2.23. The molecule has 0 bridgehead atoms. The summed E-state index contributed by atoms with van der Waals surface area (Å²) < 4.78 is 0. The molecule has 5 nitrogen and oxygen atoms in total. The summed E-state index contributed by atoms with van der Waals surface area (Å²) in [5.74, 6) is -0.435. The number of carbonyl (C=O) groups excluding carboxylic acids is 1. The molecule has 0 amide bonds. The van der Waals surface area contributed by atoms with Gasteiger partial charge in [0, 0.05) is 22.7 Å². The van der Waals surface area contributed by atoms with E-state index in [0.29, 0.717) is 5.56 Å². The van der Waals surface area contributed by atoms with Crippen LogP contribution in [0.25, 0.3) is 0 Å². The van der Waals surface area contributed by atoms with Crippen LogP contribution in [0.15, 0.2) is 18.2 Å². The van der Waals surface area contributed by atoms with Gasteiger partial charge in [0.1, 0.15) is 0 Å². The van der Waals surface area contributed by atoms with E-state index in [2.05, 4.69) is 5.32 Å². The third kappa shape index (κ3) is 1.96. The lowest BCUT2D eigenvalue weighted by Crippen LogP contribution is -2.13. The zero-order valence-corrected chi connectivity index (χ0v) is 8.03. The van der Waals surface area contributed by atoms with Gasteiger partial charge in [-0.05, 0) is 30.2 Å². The number of fused-ring (bicyclic) bond motifs is 1. The minimum atomic E-state index is -0.633. The molecular weight excluding hydrogens is 196 g/mol. The van der Waals surface area contributed by atoms with E-state index in [0.717, 1.165) is 24.2 Å². The standard InChI is InChI=1S/C10H10N2O3/c13-10(6-12(14)15)8-1-2-9-7(5-8)3-4-11-9/h1-2,5,11H,3-4,6H2. The van der Waals surface area contributed by atoms with Crippen LogP contribution in [-0.4, -0.2) is 23.8 Å². The van der Waals surface area contributed by atoms with E-state index in [-0.39, 0.29) is 0 Å². The molecule has 0 unspecified atom stereocenters. The predicted octanol–water partition coefficient (Wildman–Crippen LogP) is 1.11. The molecule has 1 aliphatic rings. The Morgan fingerprint density at radius 1 is 1.53 bits per heavy atom. The van der Waals surface area contributed by atoms with Crippen molar-refractivity contribution in [3.63, 3.8) is 0 Å². The first-order chi connectivity index (χ1) is 7.16. The van der Waals surface area contributed by atoms with Crippen molar-refractivity contribution in [2.75, 3.05) is 18.4 Å². The van der Waals surface area contributed by atoms with Crippen LogP contribution in [-0.2, 0) is 6.42 Å². The maximum absolute atomic E-state index is 11.4. The summed E-state index contributed by atoms with van der Waals surface area (Å²) >= 11 is 0. The van der Waals surface area contributed by atoms with Crippen molar-refractivity contribution in [3.05, 3.63) is 39.4 Å². The largest absolute Gasteiger partial charge is 0.384 e. The van der Waals surface area contributed by atoms with Crippen LogP contribution < -0.4 is 5.32 Å². The van der Waals surface area contributed by atoms with Crippen molar-refractivity contribution >= 4 is 11.5 Å². The Labute approximate surface area is 86.2 Å². The van der Waals surface area contributed by atoms with Gasteiger partial charge in [-0.1, -0.05) is 0 Å². The minimum absolute atomic E-state index is 0.425. The van der Waals surface area contributed by atoms with E-state index >= 15 is 0 Å². The number of nitrogens with one attached hydrogen (secondary N) is 1. The number of anilines is 1. The van der Waals surface area contributed by atoms with Gasteiger partial charge >= 0.3 is 0 Å². The number of hydrogen-bond acceptors (Lipinski definition) is 4. The topological polar surface area (TPSA) is 72.2 Å². The fourth-order valence-electron chi connectivity index (χ4n) is 1.69. The number of nitrogens with zero attached hydrogens (tertiary/aromatic N) is 1. The van der Waals surface area contributed by atoms with E-state index in [4.69, 9.17) is 0 Å². The summed E-state index contributed by atoms with van der Waals surface area (Å²) in [5, 5.41) is 13.4. The second kappa shape index (κ2) is 3.68. The number of nitro groups is 1. The third-order valence-electron chi connectivity index (χ3n) is 2.41. The molecule has 2 rings (SSSR count). The summed E-state index contributed by atoms with van der Waals surface area (Å²) in [6.07, 6.45) is 0.870. The first-order valence-electron chi connectivity index (χ1n) is 4.68. The number of benzene rings is 1. The molecule has 0 atom stereocenters. The highest BCUT2D eigenvalue weighted by molar-refractivity contribution is 5.97. The minimum Gasteiger partial charge on any atom is -0.384 e. The van der Waals surface area contributed by atoms with Crippen LogP contribution in [0.4, 0.5) is 5.69 Å². The summed E-state index contributed by atoms with van der Waals surface area (Å²) in [7, 11) is 0. The van der Waals surface area contributed by atoms with Gasteiger partial charge in [-0.15, -0.1) is 0 Å². The van der Waals surface area contributed by atoms with E-state index in [1.54, 1.807) is 18.2 Å². The first kappa shape index (κ1) is 9.64. The Balaban J connectivity index is 2.23. The molecule has 0 aromatic heterocycles. The molecule has 1 aromatic rings. The maximum atomic E-state index is 11.4. The summed E-state index contributed by atoms with van der Waals surface area (Å²) in [4.78, 5) is 21.0. The molecule has 1 N–H and O–H groups in total. The quantitative estimate of drug-likeness (QED) is 0.457. The maximum Gasteiger partial charge on any atom is 0.265 e. The van der Waals surface area contributed by atoms with Gasteiger partial charge in [0.05, 0.1) is 0 Å². The normalized spacial score (nSPS) is 13.1. The van der Waals surface area contributed by atoms with Crippen molar-refractivity contribution in [2.45, 2.75) is 6.42 Å². The van der Waals surface area contributed by atoms with Gasteiger partial charge in [-0.2, -0.15) is 0 Å². The van der Waals surface area contributed by atoms with E-state index in [1.165, 1.54) is 0 Å². The Kier molecular flexibility index (Phi) is 2.37. The molecule has 0 fully saturated rings. The molecule has 0 saturated carbocycles. The lowest BCUT2D eigenvalue weighted by atomic mass is 10.1. The van der Waals surface area contributed by atoms with Crippen LogP contribution in [0.1, 0.15) is 15.9 Å². The smallest absolute Gasteiger partial charge is 0.265 e. The Morgan fingerprint density at radius 2 is 2.33 bits per heavy atom. The average Bonchev–Trinajstić information content (AvgIpc) is 2.62. The lowest BCUT2D eigenvalue weighted by molar-refractivity contribution is -0.465. The van der Waals surface area contributed by atoms with Crippen LogP contribution in [0.3, 0.4) is 0 Å². The zero-order valence-electron chi connectivity index (χ0n) is 8.03. The number of rotatable bonds is 3. The third-order valence-corrected chi connectivity index (χ3v) is 2.41. The van der Waals surface area contributed by atoms with Crippen LogP contribution in [0.2, 0.25) is 0 Å². The zero-order chi connectivity index (χ0) is 10.8. The SMILES string of the molecule is O=C(C[N+](=O)[O-])c1ccc2c(c1)CCN2. The fraction of sp³-hybridized carbons (Fsp3) is 0.300. The molecule has 15 heavy (non-hydrogen) atoms. The van der Waals surface area contributed by atoms with Gasteiger partial charge < -0.3 is 5.32 Å². The highest BCUT2D eigenvalue weighted by Gasteiger charge is 2.16. The number of hydrogen-bond donors (Lipinski definition) is 1. The Bertz CT molecular complexity index is 429. The van der Waals surface area contributed by atoms with Gasteiger partial charge in [-0.25, -0.2) is 0 Å². The summed E-state index contributed by atoms with van der Waals surface area (Å²) in [6.45, 7) is 0.231. The van der Waals surface area contributed by atoms with Crippen LogP contribution >= 0.6 is 0 Å². The number of carbonyl (C=O) groups is 1. The number of ketones is 1. The van der Waals surface area contributed by atoms with Gasteiger partial charge in [0.2, 0.25) is 5.78 Å². The van der Waals surface area contributed by atoms with Gasteiger partial charge in [-0.3, -0.25) is 14.9 Å². The first-order valence-corrected chi connectivity index (χ1v) is 4.68. The molecule has 0 aliphatic carbocycles. The summed E-state index contributed by atoms with van der Waals surface area (Å²) in [5.41, 5.74) is 2.51. The predicted molar refractivity (Wildman–Crippen MR) is 54.8 cm³/mol. The van der Waals surface area contributed by atoms with Crippen molar-refractivity contribution in [1.82, 2.24) is 0 Å². The second-order valence-electron chi connectivity index (χ2n) is 3.46. The van der Waals surface area contributed by atoms with Crippen molar-refractivity contribution < 1.29 is 9.72 Å². The Morgan fingerprint density at radius 3 is 3.07 bits per heavy atom. The fourth-order valence-corrected chi connectivity index (χ4v) is 1.69. The second-order valence-corrected chi connectivity index (χ2v) is 3.46. The average molecular weight is 206 g/mol. The molecule has 78 valence electrons. The van der Waals surface area contributed by atoms with E-state index < -0.39 is 17.3 Å². The monoisotopic (exact) mass is 206 g/mol. The molecule has 0 saturated heterocycles. The van der Waals surface area contributed by atoms with E-state index in [9.17, 15) is 14.9 Å². The molecule has 0 radical (unpaired) electrons. The van der Waals surface area contributed by atoms with Gasteiger partial charge in [0.15, 0.2) is 0 Å². The van der Waals surface area contributed by atoms with Crippen LogP contribution in [0, 0.1) is 10.1 Å². The Hall–Kier alpha value is -1.91. The van der Waals surface area contributed by atoms with Crippen molar-refractivity contribution in [2.24, 2.45) is 0 Å². The molecule has 1 aliphatic heterocycles. The van der Waals surface area contributed by atoms with Gasteiger partial charge in [0.25, 0.3) is 6.54 Å². The van der Waals surface area contributed by atoms with Crippen molar-refractivity contribution in [3.8, 4) is 0 Å². The number of Topliss-reactive ketones (excluding diaryl/α,β-unsaturated/α-hetero) is 1. The van der Waals surface area contributed by atoms with E-state index in [1.807, 2.05) is 0 Å². The van der Waals surface area contributed by atoms with Crippen molar-refractivity contribution in [1.29, 1.82) is 0 Å². The molecule has 0 spiro atoms. The highest BCUT2D eigenvalue weighted by atomic mass is 16.6. The molecule has 1 heterocycles. The molecule has 1 aromatic carbocycles. The van der Waals surface area contributed by atoms with Crippen LogP contribution in [0.5, 0.6) is 0 Å².